The van der Waals surface area contributed by atoms with Gasteiger partial charge in [0.05, 0.1) is 5.03 Å². The van der Waals surface area contributed by atoms with Gasteiger partial charge in [-0.2, -0.15) is 0 Å². The van der Waals surface area contributed by atoms with E-state index in [1.54, 1.807) is 0 Å². The lowest BCUT2D eigenvalue weighted by atomic mass is 9.87. The monoisotopic (exact) mass is 187 g/mol. The zero-order chi connectivity index (χ0) is 9.30. The molecular weight excluding hydrogens is 175 g/mol. The van der Waals surface area contributed by atoms with E-state index in [-0.39, 0.29) is 11.7 Å². The summed E-state index contributed by atoms with van der Waals surface area (Å²) in [5.41, 5.74) is 0.853. The van der Waals surface area contributed by atoms with E-state index >= 15 is 0 Å². The van der Waals surface area contributed by atoms with Crippen molar-refractivity contribution in [3.63, 3.8) is 0 Å². The van der Waals surface area contributed by atoms with Gasteiger partial charge in [0.1, 0.15) is 5.83 Å². The molecule has 0 spiro atoms. The van der Waals surface area contributed by atoms with E-state index in [0.717, 1.165) is 5.57 Å². The van der Waals surface area contributed by atoms with Crippen LogP contribution < -0.4 is 0 Å². The molecule has 1 radical (unpaired) electrons. The van der Waals surface area contributed by atoms with Crippen LogP contribution in [0.5, 0.6) is 0 Å². The van der Waals surface area contributed by atoms with Gasteiger partial charge in [0.2, 0.25) is 0 Å². The molecule has 12 heavy (non-hydrogen) atoms. The van der Waals surface area contributed by atoms with E-state index in [0.29, 0.717) is 11.5 Å². The Morgan fingerprint density at radius 3 is 2.58 bits per heavy atom. The second-order valence-corrected chi connectivity index (χ2v) is 3.83. The fraction of sp³-hybridized carbons (Fsp3) is 0.500. The molecule has 67 valence electrons. The van der Waals surface area contributed by atoms with Crippen molar-refractivity contribution in [2.75, 3.05) is 0 Å². The Bertz CT molecular complexity index is 238. The van der Waals surface area contributed by atoms with E-state index < -0.39 is 0 Å². The van der Waals surface area contributed by atoms with Crippen LogP contribution in [0.4, 0.5) is 4.39 Å². The predicted molar refractivity (Wildman–Crippen MR) is 50.4 cm³/mol. The Morgan fingerprint density at radius 2 is 2.17 bits per heavy atom. The van der Waals surface area contributed by atoms with Gasteiger partial charge in [-0.05, 0) is 24.3 Å². The second kappa shape index (κ2) is 3.61. The van der Waals surface area contributed by atoms with E-state index in [9.17, 15) is 4.39 Å². The molecule has 1 aliphatic rings. The van der Waals surface area contributed by atoms with Crippen LogP contribution in [0, 0.1) is 11.8 Å². The van der Waals surface area contributed by atoms with Gasteiger partial charge < -0.3 is 0 Å². The molecule has 0 aromatic rings. The summed E-state index contributed by atoms with van der Waals surface area (Å²) in [6.45, 7) is 5.87. The topological polar surface area (TPSA) is 0 Å². The summed E-state index contributed by atoms with van der Waals surface area (Å²) in [7, 11) is 0. The van der Waals surface area contributed by atoms with Crippen LogP contribution in [-0.2, 0) is 0 Å². The minimum absolute atomic E-state index is 0.178. The first kappa shape index (κ1) is 9.79. The molecule has 0 aromatic heterocycles. The molecule has 0 amide bonds. The Morgan fingerprint density at radius 1 is 1.58 bits per heavy atom. The molecule has 0 nitrogen and oxygen atoms in total. The Labute approximate surface area is 78.1 Å². The summed E-state index contributed by atoms with van der Waals surface area (Å²) >= 11 is 5.71. The first-order valence-electron chi connectivity index (χ1n) is 4.05. The van der Waals surface area contributed by atoms with Crippen LogP contribution in [0.15, 0.2) is 22.5 Å². The van der Waals surface area contributed by atoms with Crippen molar-refractivity contribution in [1.82, 2.24) is 0 Å². The Kier molecular flexibility index (Phi) is 2.94. The molecule has 0 aliphatic heterocycles. The molecule has 0 bridgehead atoms. The van der Waals surface area contributed by atoms with Gasteiger partial charge in [0, 0.05) is 6.42 Å². The SMILES string of the molecule is C[C](C)C1C=C(C)C(Cl)=C(F)C1. The predicted octanol–water partition coefficient (Wildman–Crippen LogP) is 3.99. The fourth-order valence-corrected chi connectivity index (χ4v) is 1.44. The maximum absolute atomic E-state index is 13.1. The first-order valence-corrected chi connectivity index (χ1v) is 4.43. The third-order valence-electron chi connectivity index (χ3n) is 2.18. The van der Waals surface area contributed by atoms with E-state index in [1.165, 1.54) is 5.92 Å². The van der Waals surface area contributed by atoms with Gasteiger partial charge in [-0.3, -0.25) is 0 Å². The highest BCUT2D eigenvalue weighted by atomic mass is 35.5. The van der Waals surface area contributed by atoms with Crippen LogP contribution in [0.2, 0.25) is 0 Å². The second-order valence-electron chi connectivity index (χ2n) is 3.46. The van der Waals surface area contributed by atoms with Gasteiger partial charge in [-0.25, -0.2) is 4.39 Å². The summed E-state index contributed by atoms with van der Waals surface area (Å²) in [5, 5.41) is 0.299. The first-order chi connectivity index (χ1) is 5.52. The minimum atomic E-state index is -0.178. The molecule has 1 aliphatic carbocycles. The van der Waals surface area contributed by atoms with Crippen molar-refractivity contribution in [3.05, 3.63) is 28.4 Å². The molecule has 0 aromatic carbocycles. The summed E-state index contributed by atoms with van der Waals surface area (Å²) < 4.78 is 13.1. The van der Waals surface area contributed by atoms with Crippen molar-refractivity contribution >= 4 is 11.6 Å². The quantitative estimate of drug-likeness (QED) is 0.583. The molecule has 0 fully saturated rings. The van der Waals surface area contributed by atoms with Gasteiger partial charge in [0.25, 0.3) is 0 Å². The highest BCUT2D eigenvalue weighted by molar-refractivity contribution is 6.32. The van der Waals surface area contributed by atoms with Crippen LogP contribution in [-0.4, -0.2) is 0 Å². The van der Waals surface area contributed by atoms with Gasteiger partial charge in [-0.15, -0.1) is 0 Å². The minimum Gasteiger partial charge on any atom is -0.210 e. The van der Waals surface area contributed by atoms with Crippen LogP contribution >= 0.6 is 11.6 Å². The van der Waals surface area contributed by atoms with Gasteiger partial charge >= 0.3 is 0 Å². The third kappa shape index (κ3) is 1.89. The average molecular weight is 188 g/mol. The Balaban J connectivity index is 2.84. The molecule has 0 saturated carbocycles. The lowest BCUT2D eigenvalue weighted by molar-refractivity contribution is 0.516. The van der Waals surface area contributed by atoms with Crippen molar-refractivity contribution < 1.29 is 4.39 Å². The third-order valence-corrected chi connectivity index (χ3v) is 2.68. The van der Waals surface area contributed by atoms with E-state index in [4.69, 9.17) is 11.6 Å². The fourth-order valence-electron chi connectivity index (χ4n) is 1.30. The van der Waals surface area contributed by atoms with Crippen LogP contribution in [0.1, 0.15) is 27.2 Å². The molecule has 1 unspecified atom stereocenters. The molecule has 2 heteroatoms. The summed E-state index contributed by atoms with van der Waals surface area (Å²) in [6.07, 6.45) is 2.46. The summed E-state index contributed by atoms with van der Waals surface area (Å²) in [6, 6.07) is 0. The lowest BCUT2D eigenvalue weighted by Gasteiger charge is -2.21. The maximum atomic E-state index is 13.1. The van der Waals surface area contributed by atoms with Crippen molar-refractivity contribution in [3.8, 4) is 0 Å². The van der Waals surface area contributed by atoms with Gasteiger partial charge in [-0.1, -0.05) is 31.5 Å². The molecule has 0 heterocycles. The standard InChI is InChI=1S/C10H13ClF/c1-6(2)8-4-7(3)10(11)9(12)5-8/h4,8H,5H2,1-3H3. The zero-order valence-corrected chi connectivity index (χ0v) is 8.37. The summed E-state index contributed by atoms with van der Waals surface area (Å²) in [5.74, 6) is 1.28. The Hall–Kier alpha value is -0.300. The van der Waals surface area contributed by atoms with Crippen molar-refractivity contribution in [2.24, 2.45) is 5.92 Å². The zero-order valence-electron chi connectivity index (χ0n) is 7.62. The van der Waals surface area contributed by atoms with E-state index in [1.807, 2.05) is 26.8 Å². The number of rotatable bonds is 1. The number of halogens is 2. The van der Waals surface area contributed by atoms with Crippen molar-refractivity contribution in [1.29, 1.82) is 0 Å². The smallest absolute Gasteiger partial charge is 0.119 e. The lowest BCUT2D eigenvalue weighted by Crippen LogP contribution is -2.09. The van der Waals surface area contributed by atoms with Crippen molar-refractivity contribution in [2.45, 2.75) is 27.2 Å². The average Bonchev–Trinajstić information content (AvgIpc) is 1.99. The molecule has 1 atom stereocenters. The van der Waals surface area contributed by atoms with Crippen LogP contribution in [0.25, 0.3) is 0 Å². The highest BCUT2D eigenvalue weighted by Gasteiger charge is 2.21. The van der Waals surface area contributed by atoms with E-state index in [2.05, 4.69) is 0 Å². The molecule has 0 N–H and O–H groups in total. The highest BCUT2D eigenvalue weighted by Crippen LogP contribution is 2.35. The molecule has 1 rings (SSSR count). The maximum Gasteiger partial charge on any atom is 0.119 e. The number of hydrogen-bond donors (Lipinski definition) is 0. The largest absolute Gasteiger partial charge is 0.210 e. The van der Waals surface area contributed by atoms with Crippen LogP contribution in [0.3, 0.4) is 0 Å². The summed E-state index contributed by atoms with van der Waals surface area (Å²) in [4.78, 5) is 0. The normalized spacial score (nSPS) is 24.8. The molecular formula is C10H13ClF. The molecule has 0 saturated heterocycles. The number of allylic oxidation sites excluding steroid dienone is 4. The number of hydrogen-bond acceptors (Lipinski definition) is 0. The van der Waals surface area contributed by atoms with Gasteiger partial charge in [0.15, 0.2) is 0 Å².